The Morgan fingerprint density at radius 1 is 1.38 bits per heavy atom. The van der Waals surface area contributed by atoms with Crippen molar-refractivity contribution in [3.63, 3.8) is 0 Å². The number of thioether (sulfide) groups is 1. The summed E-state index contributed by atoms with van der Waals surface area (Å²) in [5.74, 6) is 3.29. The second-order valence-corrected chi connectivity index (χ2v) is 7.49. The van der Waals surface area contributed by atoms with Crippen LogP contribution in [0.3, 0.4) is 0 Å². The number of guanidine groups is 1. The molecule has 1 aliphatic heterocycles. The first-order chi connectivity index (χ1) is 11.8. The molecule has 1 aliphatic rings. The maximum absolute atomic E-state index is 4.72. The number of nitrogens with zero attached hydrogens (tertiary/aromatic N) is 2. The molecule has 0 radical (unpaired) electrons. The Bertz CT molecular complexity index is 627. The van der Waals surface area contributed by atoms with Crippen LogP contribution in [-0.2, 0) is 6.42 Å². The van der Waals surface area contributed by atoms with Gasteiger partial charge < -0.3 is 15.6 Å². The van der Waals surface area contributed by atoms with Gasteiger partial charge in [0.15, 0.2) is 5.96 Å². The van der Waals surface area contributed by atoms with E-state index in [1.165, 1.54) is 18.6 Å². The van der Waals surface area contributed by atoms with Crippen LogP contribution in [0.1, 0.15) is 32.0 Å². The number of imidazole rings is 1. The molecule has 0 bridgehead atoms. The Morgan fingerprint density at radius 3 is 3.08 bits per heavy atom. The molecule has 1 aromatic heterocycles. The lowest BCUT2D eigenvalue weighted by Crippen LogP contribution is -2.38. The molecule has 6 heteroatoms. The highest BCUT2D eigenvalue weighted by Gasteiger charge is 2.14. The van der Waals surface area contributed by atoms with E-state index in [-0.39, 0.29) is 0 Å². The highest BCUT2D eigenvalue weighted by molar-refractivity contribution is 8.00. The molecule has 130 valence electrons. The fraction of sp³-hybridized carbons (Fsp3) is 0.556. The number of rotatable bonds is 7. The van der Waals surface area contributed by atoms with Crippen molar-refractivity contribution in [2.75, 3.05) is 25.4 Å². The number of nitrogens with one attached hydrogen (secondary N) is 3. The highest BCUT2D eigenvalue weighted by Crippen LogP contribution is 2.25. The van der Waals surface area contributed by atoms with Crippen molar-refractivity contribution in [1.82, 2.24) is 20.6 Å². The maximum Gasteiger partial charge on any atom is 0.191 e. The molecule has 1 saturated heterocycles. The molecule has 0 aliphatic carbocycles. The van der Waals surface area contributed by atoms with Gasteiger partial charge in [-0.1, -0.05) is 12.1 Å². The number of benzene rings is 1. The van der Waals surface area contributed by atoms with Gasteiger partial charge in [-0.15, -0.1) is 0 Å². The van der Waals surface area contributed by atoms with E-state index < -0.39 is 0 Å². The third kappa shape index (κ3) is 4.90. The standard InChI is InChI=1S/C18H27N5S/c1-2-19-18(21-13-14-7-6-12-24-14)20-11-5-10-17-22-15-8-3-4-9-16(15)23-17/h3-4,8-9,14H,2,5-7,10-13H2,1H3,(H,22,23)(H2,19,20,21). The maximum atomic E-state index is 4.72. The van der Waals surface area contributed by atoms with Gasteiger partial charge in [0.1, 0.15) is 5.82 Å². The monoisotopic (exact) mass is 345 g/mol. The summed E-state index contributed by atoms with van der Waals surface area (Å²) in [7, 11) is 0. The Balaban J connectivity index is 1.43. The van der Waals surface area contributed by atoms with Crippen molar-refractivity contribution in [3.05, 3.63) is 30.1 Å². The first kappa shape index (κ1) is 17.1. The van der Waals surface area contributed by atoms with E-state index in [1.54, 1.807) is 0 Å². The summed E-state index contributed by atoms with van der Waals surface area (Å²) in [6.45, 7) is 4.83. The van der Waals surface area contributed by atoms with E-state index in [0.29, 0.717) is 5.25 Å². The van der Waals surface area contributed by atoms with E-state index in [4.69, 9.17) is 4.99 Å². The number of H-pyrrole nitrogens is 1. The first-order valence-corrected chi connectivity index (χ1v) is 9.97. The molecular weight excluding hydrogens is 318 g/mol. The molecule has 1 aromatic carbocycles. The van der Waals surface area contributed by atoms with Crippen molar-refractivity contribution in [2.45, 2.75) is 37.9 Å². The van der Waals surface area contributed by atoms with Crippen molar-refractivity contribution in [3.8, 4) is 0 Å². The lowest BCUT2D eigenvalue weighted by Gasteiger charge is -2.12. The molecule has 1 atom stereocenters. The SMILES string of the molecule is CCNC(=NCC1CCCS1)NCCCc1nc2ccccc2[nH]1. The van der Waals surface area contributed by atoms with Gasteiger partial charge in [0.2, 0.25) is 0 Å². The van der Waals surface area contributed by atoms with Crippen LogP contribution in [0, 0.1) is 0 Å². The van der Waals surface area contributed by atoms with Crippen molar-refractivity contribution in [2.24, 2.45) is 4.99 Å². The Kier molecular flexibility index (Phi) is 6.41. The average Bonchev–Trinajstić information content (AvgIpc) is 3.25. The number of hydrogen-bond donors (Lipinski definition) is 3. The molecule has 1 fully saturated rings. The third-order valence-corrected chi connectivity index (χ3v) is 5.52. The molecule has 3 rings (SSSR count). The minimum atomic E-state index is 0.705. The predicted octanol–water partition coefficient (Wildman–Crippen LogP) is 2.95. The van der Waals surface area contributed by atoms with Gasteiger partial charge >= 0.3 is 0 Å². The molecule has 5 nitrogen and oxygen atoms in total. The zero-order valence-corrected chi connectivity index (χ0v) is 15.2. The molecule has 0 amide bonds. The second kappa shape index (κ2) is 8.97. The molecule has 0 spiro atoms. The summed E-state index contributed by atoms with van der Waals surface area (Å²) in [5.41, 5.74) is 2.16. The van der Waals surface area contributed by atoms with Gasteiger partial charge in [0.05, 0.1) is 17.6 Å². The van der Waals surface area contributed by atoms with E-state index in [2.05, 4.69) is 45.4 Å². The fourth-order valence-electron chi connectivity index (χ4n) is 2.91. The van der Waals surface area contributed by atoms with Crippen LogP contribution in [0.2, 0.25) is 0 Å². The summed E-state index contributed by atoms with van der Waals surface area (Å²) in [5, 5.41) is 7.47. The van der Waals surface area contributed by atoms with Gasteiger partial charge in [-0.25, -0.2) is 4.98 Å². The Labute approximate surface area is 148 Å². The van der Waals surface area contributed by atoms with Crippen LogP contribution in [0.5, 0.6) is 0 Å². The van der Waals surface area contributed by atoms with Crippen molar-refractivity contribution >= 4 is 28.8 Å². The van der Waals surface area contributed by atoms with Crippen molar-refractivity contribution < 1.29 is 0 Å². The summed E-state index contributed by atoms with van der Waals surface area (Å²) >= 11 is 2.05. The molecule has 24 heavy (non-hydrogen) atoms. The van der Waals surface area contributed by atoms with E-state index in [9.17, 15) is 0 Å². The van der Waals surface area contributed by atoms with Gasteiger partial charge in [0.25, 0.3) is 0 Å². The molecule has 2 aromatic rings. The van der Waals surface area contributed by atoms with Gasteiger partial charge in [-0.05, 0) is 44.1 Å². The number of fused-ring (bicyclic) bond motifs is 1. The van der Waals surface area contributed by atoms with Gasteiger partial charge in [-0.3, -0.25) is 4.99 Å². The number of aliphatic imine (C=N–C) groups is 1. The van der Waals surface area contributed by atoms with Crippen LogP contribution >= 0.6 is 11.8 Å². The Morgan fingerprint density at radius 2 is 2.29 bits per heavy atom. The minimum Gasteiger partial charge on any atom is -0.357 e. The minimum absolute atomic E-state index is 0.705. The lowest BCUT2D eigenvalue weighted by molar-refractivity contribution is 0.721. The van der Waals surface area contributed by atoms with Crippen LogP contribution in [0.4, 0.5) is 0 Å². The van der Waals surface area contributed by atoms with E-state index in [1.807, 2.05) is 18.2 Å². The molecular formula is C18H27N5S. The number of hydrogen-bond acceptors (Lipinski definition) is 3. The summed E-state index contributed by atoms with van der Waals surface area (Å²) in [4.78, 5) is 12.7. The smallest absolute Gasteiger partial charge is 0.191 e. The fourth-order valence-corrected chi connectivity index (χ4v) is 4.09. The van der Waals surface area contributed by atoms with Crippen LogP contribution in [0.25, 0.3) is 11.0 Å². The largest absolute Gasteiger partial charge is 0.357 e. The molecule has 3 N–H and O–H groups in total. The van der Waals surface area contributed by atoms with Crippen molar-refractivity contribution in [1.29, 1.82) is 0 Å². The Hall–Kier alpha value is -1.69. The normalized spacial score (nSPS) is 18.2. The van der Waals surface area contributed by atoms with Crippen LogP contribution in [0.15, 0.2) is 29.3 Å². The number of aromatic amines is 1. The summed E-state index contributed by atoms with van der Waals surface area (Å²) in [6, 6.07) is 8.18. The van der Waals surface area contributed by atoms with Crippen LogP contribution < -0.4 is 10.6 Å². The zero-order chi connectivity index (χ0) is 16.6. The van der Waals surface area contributed by atoms with Gasteiger partial charge in [0, 0.05) is 24.8 Å². The number of aromatic nitrogens is 2. The predicted molar refractivity (Wildman–Crippen MR) is 104 cm³/mol. The summed E-state index contributed by atoms with van der Waals surface area (Å²) in [6.07, 6.45) is 4.62. The average molecular weight is 346 g/mol. The third-order valence-electron chi connectivity index (χ3n) is 4.14. The zero-order valence-electron chi connectivity index (χ0n) is 14.3. The topological polar surface area (TPSA) is 65.1 Å². The van der Waals surface area contributed by atoms with E-state index in [0.717, 1.165) is 55.3 Å². The highest BCUT2D eigenvalue weighted by atomic mass is 32.2. The van der Waals surface area contributed by atoms with E-state index >= 15 is 0 Å². The molecule has 1 unspecified atom stereocenters. The lowest BCUT2D eigenvalue weighted by atomic mass is 10.2. The molecule has 0 saturated carbocycles. The molecule has 2 heterocycles. The quantitative estimate of drug-likeness (QED) is 0.410. The summed E-state index contributed by atoms with van der Waals surface area (Å²) < 4.78 is 0. The van der Waals surface area contributed by atoms with Gasteiger partial charge in [-0.2, -0.15) is 11.8 Å². The van der Waals surface area contributed by atoms with Crippen LogP contribution in [-0.4, -0.2) is 46.6 Å². The first-order valence-electron chi connectivity index (χ1n) is 8.92. The second-order valence-electron chi connectivity index (χ2n) is 6.09. The number of aryl methyl sites for hydroxylation is 1. The number of para-hydroxylation sites is 2.